The molecule has 2 saturated heterocycles. The normalized spacial score (nSPS) is 22.8. The standard InChI is InChI=1S/C17H29N5O2/c1-14(2)11-21-3-8-24-15(12-21)10-18-16-9-17(20-13-19-16)22-4-6-23-7-5-22/h9,13-15H,3-8,10-12H2,1-2H3,(H,18,19,20). The molecule has 0 saturated carbocycles. The molecular formula is C17H29N5O2. The Bertz CT molecular complexity index is 508. The monoisotopic (exact) mass is 335 g/mol. The van der Waals surface area contributed by atoms with Crippen LogP contribution >= 0.6 is 0 Å². The lowest BCUT2D eigenvalue weighted by Gasteiger charge is -2.34. The van der Waals surface area contributed by atoms with Gasteiger partial charge in [0.05, 0.1) is 25.9 Å². The van der Waals surface area contributed by atoms with Crippen molar-refractivity contribution >= 4 is 11.6 Å². The number of nitrogens with one attached hydrogen (secondary N) is 1. The van der Waals surface area contributed by atoms with Gasteiger partial charge in [-0.3, -0.25) is 4.90 Å². The second kappa shape index (κ2) is 8.60. The SMILES string of the molecule is CC(C)CN1CCOC(CNc2cc(N3CCOCC3)ncn2)C1. The third-order valence-corrected chi connectivity index (χ3v) is 4.34. The highest BCUT2D eigenvalue weighted by molar-refractivity contribution is 5.48. The molecule has 1 atom stereocenters. The van der Waals surface area contributed by atoms with Gasteiger partial charge in [-0.15, -0.1) is 0 Å². The maximum Gasteiger partial charge on any atom is 0.134 e. The molecule has 3 rings (SSSR count). The molecule has 0 amide bonds. The van der Waals surface area contributed by atoms with Crippen LogP contribution in [0.4, 0.5) is 11.6 Å². The molecule has 1 aromatic rings. The molecule has 0 radical (unpaired) electrons. The Morgan fingerprint density at radius 1 is 1.21 bits per heavy atom. The molecule has 24 heavy (non-hydrogen) atoms. The van der Waals surface area contributed by atoms with Crippen molar-refractivity contribution in [2.24, 2.45) is 5.92 Å². The summed E-state index contributed by atoms with van der Waals surface area (Å²) in [6, 6.07) is 2.01. The minimum Gasteiger partial charge on any atom is -0.378 e. The Hall–Kier alpha value is -1.44. The Morgan fingerprint density at radius 2 is 2.04 bits per heavy atom. The first-order valence-electron chi connectivity index (χ1n) is 8.93. The molecule has 0 bridgehead atoms. The lowest BCUT2D eigenvalue weighted by Crippen LogP contribution is -2.46. The topological polar surface area (TPSA) is 62.8 Å². The quantitative estimate of drug-likeness (QED) is 0.835. The van der Waals surface area contributed by atoms with Crippen LogP contribution < -0.4 is 10.2 Å². The summed E-state index contributed by atoms with van der Waals surface area (Å²) in [5, 5.41) is 3.41. The Morgan fingerprint density at radius 3 is 2.83 bits per heavy atom. The molecule has 0 aliphatic carbocycles. The molecule has 134 valence electrons. The van der Waals surface area contributed by atoms with Crippen LogP contribution in [0.1, 0.15) is 13.8 Å². The number of ether oxygens (including phenoxy) is 2. The molecule has 2 fully saturated rings. The molecule has 7 heteroatoms. The van der Waals surface area contributed by atoms with Gasteiger partial charge in [0.1, 0.15) is 18.0 Å². The van der Waals surface area contributed by atoms with Crippen molar-refractivity contribution in [2.45, 2.75) is 20.0 Å². The van der Waals surface area contributed by atoms with E-state index in [4.69, 9.17) is 9.47 Å². The lowest BCUT2D eigenvalue weighted by molar-refractivity contribution is -0.0244. The fourth-order valence-corrected chi connectivity index (χ4v) is 3.21. The number of anilines is 2. The molecule has 2 aliphatic rings. The van der Waals surface area contributed by atoms with E-state index in [1.165, 1.54) is 0 Å². The molecule has 0 spiro atoms. The van der Waals surface area contributed by atoms with Crippen molar-refractivity contribution in [3.8, 4) is 0 Å². The van der Waals surface area contributed by atoms with Gasteiger partial charge in [0.2, 0.25) is 0 Å². The van der Waals surface area contributed by atoms with Gasteiger partial charge in [-0.1, -0.05) is 13.8 Å². The van der Waals surface area contributed by atoms with Crippen molar-refractivity contribution in [3.05, 3.63) is 12.4 Å². The van der Waals surface area contributed by atoms with Gasteiger partial charge in [0.25, 0.3) is 0 Å². The number of aromatic nitrogens is 2. The average Bonchev–Trinajstić information content (AvgIpc) is 2.61. The van der Waals surface area contributed by atoms with Gasteiger partial charge < -0.3 is 19.7 Å². The van der Waals surface area contributed by atoms with Gasteiger partial charge in [0, 0.05) is 45.3 Å². The fraction of sp³-hybridized carbons (Fsp3) is 0.765. The van der Waals surface area contributed by atoms with Crippen molar-refractivity contribution in [2.75, 3.05) is 69.3 Å². The van der Waals surface area contributed by atoms with Crippen LogP contribution in [0.2, 0.25) is 0 Å². The van der Waals surface area contributed by atoms with E-state index in [9.17, 15) is 0 Å². The van der Waals surface area contributed by atoms with Crippen molar-refractivity contribution in [1.29, 1.82) is 0 Å². The zero-order valence-electron chi connectivity index (χ0n) is 14.8. The van der Waals surface area contributed by atoms with Gasteiger partial charge in [-0.05, 0) is 5.92 Å². The van der Waals surface area contributed by atoms with Gasteiger partial charge in [-0.2, -0.15) is 0 Å². The van der Waals surface area contributed by atoms with Crippen molar-refractivity contribution < 1.29 is 9.47 Å². The van der Waals surface area contributed by atoms with E-state index >= 15 is 0 Å². The van der Waals surface area contributed by atoms with Gasteiger partial charge in [-0.25, -0.2) is 9.97 Å². The largest absolute Gasteiger partial charge is 0.378 e. The highest BCUT2D eigenvalue weighted by atomic mass is 16.5. The predicted octanol–water partition coefficient (Wildman–Crippen LogP) is 1.08. The van der Waals surface area contributed by atoms with Crippen LogP contribution in [-0.4, -0.2) is 80.1 Å². The maximum atomic E-state index is 5.88. The summed E-state index contributed by atoms with van der Waals surface area (Å²) < 4.78 is 11.3. The van der Waals surface area contributed by atoms with E-state index in [-0.39, 0.29) is 6.10 Å². The highest BCUT2D eigenvalue weighted by Crippen LogP contribution is 2.16. The summed E-state index contributed by atoms with van der Waals surface area (Å²) in [5.41, 5.74) is 0. The first-order valence-corrected chi connectivity index (χ1v) is 8.93. The molecule has 1 unspecified atom stereocenters. The Kier molecular flexibility index (Phi) is 6.23. The molecule has 1 N–H and O–H groups in total. The van der Waals surface area contributed by atoms with Crippen molar-refractivity contribution in [3.63, 3.8) is 0 Å². The molecule has 2 aliphatic heterocycles. The molecule has 1 aromatic heterocycles. The summed E-state index contributed by atoms with van der Waals surface area (Å²) in [5.74, 6) is 2.51. The highest BCUT2D eigenvalue weighted by Gasteiger charge is 2.21. The second-order valence-corrected chi connectivity index (χ2v) is 6.89. The van der Waals surface area contributed by atoms with Crippen LogP contribution in [0.25, 0.3) is 0 Å². The van der Waals surface area contributed by atoms with Gasteiger partial charge in [0.15, 0.2) is 0 Å². The zero-order valence-corrected chi connectivity index (χ0v) is 14.8. The van der Waals surface area contributed by atoms with Gasteiger partial charge >= 0.3 is 0 Å². The molecule has 7 nitrogen and oxygen atoms in total. The first-order chi connectivity index (χ1) is 11.7. The van der Waals surface area contributed by atoms with E-state index in [1.807, 2.05) is 6.07 Å². The van der Waals surface area contributed by atoms with Crippen LogP contribution in [0.3, 0.4) is 0 Å². The summed E-state index contributed by atoms with van der Waals surface area (Å²) in [6.07, 6.45) is 1.83. The number of rotatable bonds is 6. The first kappa shape index (κ1) is 17.4. The molecule has 3 heterocycles. The maximum absolute atomic E-state index is 5.88. The third-order valence-electron chi connectivity index (χ3n) is 4.34. The molecular weight excluding hydrogens is 306 g/mol. The van der Waals surface area contributed by atoms with E-state index in [1.54, 1.807) is 6.33 Å². The average molecular weight is 335 g/mol. The van der Waals surface area contributed by atoms with E-state index in [2.05, 4.69) is 38.9 Å². The van der Waals surface area contributed by atoms with Crippen LogP contribution in [0.15, 0.2) is 12.4 Å². The molecule has 0 aromatic carbocycles. The van der Waals surface area contributed by atoms with Crippen LogP contribution in [-0.2, 0) is 9.47 Å². The van der Waals surface area contributed by atoms with E-state index < -0.39 is 0 Å². The summed E-state index contributed by atoms with van der Waals surface area (Å²) in [4.78, 5) is 13.4. The Labute approximate surface area is 144 Å². The number of hydrogen-bond donors (Lipinski definition) is 1. The Balaban J connectivity index is 1.50. The second-order valence-electron chi connectivity index (χ2n) is 6.89. The van der Waals surface area contributed by atoms with E-state index in [0.717, 1.165) is 70.7 Å². The lowest BCUT2D eigenvalue weighted by atomic mass is 10.2. The van der Waals surface area contributed by atoms with Crippen LogP contribution in [0, 0.1) is 5.92 Å². The third kappa shape index (κ3) is 5.03. The smallest absolute Gasteiger partial charge is 0.134 e. The minimum absolute atomic E-state index is 0.208. The van der Waals surface area contributed by atoms with E-state index in [0.29, 0.717) is 5.92 Å². The summed E-state index contributed by atoms with van der Waals surface area (Å²) >= 11 is 0. The predicted molar refractivity (Wildman–Crippen MR) is 94.6 cm³/mol. The number of nitrogens with zero attached hydrogens (tertiary/aromatic N) is 4. The zero-order chi connectivity index (χ0) is 16.8. The van der Waals surface area contributed by atoms with Crippen molar-refractivity contribution in [1.82, 2.24) is 14.9 Å². The van der Waals surface area contributed by atoms with Crippen LogP contribution in [0.5, 0.6) is 0 Å². The fourth-order valence-electron chi connectivity index (χ4n) is 3.21. The number of morpholine rings is 2. The number of hydrogen-bond acceptors (Lipinski definition) is 7. The summed E-state index contributed by atoms with van der Waals surface area (Å²) in [6.45, 7) is 12.5. The minimum atomic E-state index is 0.208. The summed E-state index contributed by atoms with van der Waals surface area (Å²) in [7, 11) is 0.